The van der Waals surface area contributed by atoms with Crippen molar-refractivity contribution in [2.45, 2.75) is 0 Å². The predicted molar refractivity (Wildman–Crippen MR) is 220 cm³/mol. The predicted octanol–water partition coefficient (Wildman–Crippen LogP) is 14.4. The Balaban J connectivity index is 1.13. The standard InChI is InChI=1S/C50H33NO/c1-2-12-34(13-3-1)35-24-29-39(30-25-35)51(47-22-9-8-19-45(47)44-21-10-16-36-14-4-6-17-41(36)44)40-31-26-38(27-32-40)42-20-11-23-48-49(42)46-33-28-37-15-5-7-18-43(37)50(46)52-48/h1-33H. The molecule has 0 bridgehead atoms. The average molecular weight is 664 g/mol. The lowest BCUT2D eigenvalue weighted by molar-refractivity contribution is 0.673. The molecule has 1 aromatic heterocycles. The minimum absolute atomic E-state index is 0.900. The molecular formula is C50H33NO. The van der Waals surface area contributed by atoms with Gasteiger partial charge in [-0.05, 0) is 86.4 Å². The molecule has 0 fully saturated rings. The van der Waals surface area contributed by atoms with Crippen LogP contribution in [0.25, 0.3) is 76.9 Å². The van der Waals surface area contributed by atoms with Crippen molar-refractivity contribution in [3.05, 3.63) is 200 Å². The van der Waals surface area contributed by atoms with Crippen molar-refractivity contribution in [1.82, 2.24) is 0 Å². The second-order valence-corrected chi connectivity index (χ2v) is 13.3. The van der Waals surface area contributed by atoms with Crippen molar-refractivity contribution in [3.8, 4) is 33.4 Å². The fraction of sp³-hybridized carbons (Fsp3) is 0. The third kappa shape index (κ3) is 5.04. The lowest BCUT2D eigenvalue weighted by Gasteiger charge is -2.28. The third-order valence-electron chi connectivity index (χ3n) is 10.3. The van der Waals surface area contributed by atoms with Crippen molar-refractivity contribution < 1.29 is 4.42 Å². The molecule has 0 spiro atoms. The molecule has 52 heavy (non-hydrogen) atoms. The molecule has 10 aromatic rings. The Morgan fingerprint density at radius 2 is 0.885 bits per heavy atom. The number of anilines is 3. The maximum Gasteiger partial charge on any atom is 0.143 e. The fourth-order valence-electron chi connectivity index (χ4n) is 7.80. The molecule has 9 aromatic carbocycles. The molecule has 2 heteroatoms. The molecule has 0 radical (unpaired) electrons. The number of fused-ring (bicyclic) bond motifs is 6. The van der Waals surface area contributed by atoms with Crippen LogP contribution in [0.2, 0.25) is 0 Å². The first kappa shape index (κ1) is 30.0. The van der Waals surface area contributed by atoms with E-state index in [-0.39, 0.29) is 0 Å². The van der Waals surface area contributed by atoms with E-state index < -0.39 is 0 Å². The van der Waals surface area contributed by atoms with Gasteiger partial charge < -0.3 is 9.32 Å². The number of nitrogens with zero attached hydrogens (tertiary/aromatic N) is 1. The van der Waals surface area contributed by atoms with Gasteiger partial charge in [-0.3, -0.25) is 0 Å². The van der Waals surface area contributed by atoms with E-state index in [1.54, 1.807) is 0 Å². The van der Waals surface area contributed by atoms with Gasteiger partial charge in [-0.2, -0.15) is 0 Å². The van der Waals surface area contributed by atoms with Gasteiger partial charge in [-0.15, -0.1) is 0 Å². The summed E-state index contributed by atoms with van der Waals surface area (Å²) in [5.41, 5.74) is 12.2. The first-order valence-corrected chi connectivity index (χ1v) is 17.8. The van der Waals surface area contributed by atoms with Crippen LogP contribution < -0.4 is 4.90 Å². The zero-order chi connectivity index (χ0) is 34.4. The van der Waals surface area contributed by atoms with E-state index in [1.807, 2.05) is 0 Å². The summed E-state index contributed by atoms with van der Waals surface area (Å²) in [6.45, 7) is 0. The van der Waals surface area contributed by atoms with Crippen molar-refractivity contribution in [2.75, 3.05) is 4.90 Å². The van der Waals surface area contributed by atoms with Crippen LogP contribution in [-0.2, 0) is 0 Å². The summed E-state index contributed by atoms with van der Waals surface area (Å²) >= 11 is 0. The molecule has 0 atom stereocenters. The highest BCUT2D eigenvalue weighted by Gasteiger charge is 2.20. The van der Waals surface area contributed by atoms with Crippen molar-refractivity contribution in [2.24, 2.45) is 0 Å². The second kappa shape index (κ2) is 12.5. The van der Waals surface area contributed by atoms with E-state index in [1.165, 1.54) is 38.4 Å². The van der Waals surface area contributed by atoms with E-state index >= 15 is 0 Å². The SMILES string of the molecule is c1ccc(-c2ccc(N(c3ccc(-c4cccc5oc6c7ccccc7ccc6c45)cc3)c3ccccc3-c3cccc4ccccc34)cc2)cc1. The molecule has 0 amide bonds. The average Bonchev–Trinajstić information content (AvgIpc) is 3.62. The maximum atomic E-state index is 6.52. The molecule has 10 rings (SSSR count). The highest BCUT2D eigenvalue weighted by molar-refractivity contribution is 6.19. The molecule has 0 aliphatic rings. The summed E-state index contributed by atoms with van der Waals surface area (Å²) in [6.07, 6.45) is 0. The minimum atomic E-state index is 0.900. The Hall–Kier alpha value is -6.90. The zero-order valence-electron chi connectivity index (χ0n) is 28.4. The van der Waals surface area contributed by atoms with E-state index in [4.69, 9.17) is 4.42 Å². The van der Waals surface area contributed by atoms with E-state index in [0.29, 0.717) is 0 Å². The van der Waals surface area contributed by atoms with Crippen LogP contribution in [0.1, 0.15) is 0 Å². The number of hydrogen-bond donors (Lipinski definition) is 0. The third-order valence-corrected chi connectivity index (χ3v) is 10.3. The Bertz CT molecular complexity index is 2880. The number of rotatable bonds is 6. The molecule has 0 N–H and O–H groups in total. The Kier molecular flexibility index (Phi) is 7.18. The molecule has 0 saturated heterocycles. The number of benzene rings is 9. The molecule has 0 unspecified atom stereocenters. The summed E-state index contributed by atoms with van der Waals surface area (Å²) in [5, 5.41) is 7.06. The largest absolute Gasteiger partial charge is 0.455 e. The molecule has 1 heterocycles. The van der Waals surface area contributed by atoms with Crippen LogP contribution in [0, 0.1) is 0 Å². The summed E-state index contributed by atoms with van der Waals surface area (Å²) in [7, 11) is 0. The van der Waals surface area contributed by atoms with Crippen molar-refractivity contribution in [3.63, 3.8) is 0 Å². The van der Waals surface area contributed by atoms with Gasteiger partial charge in [0, 0.05) is 33.1 Å². The van der Waals surface area contributed by atoms with Gasteiger partial charge in [0.25, 0.3) is 0 Å². The summed E-state index contributed by atoms with van der Waals surface area (Å²) in [6, 6.07) is 71.6. The Morgan fingerprint density at radius 1 is 0.327 bits per heavy atom. The first-order valence-electron chi connectivity index (χ1n) is 17.8. The summed E-state index contributed by atoms with van der Waals surface area (Å²) < 4.78 is 6.52. The normalized spacial score (nSPS) is 11.5. The molecule has 244 valence electrons. The summed E-state index contributed by atoms with van der Waals surface area (Å²) in [4.78, 5) is 2.38. The van der Waals surface area contributed by atoms with Gasteiger partial charge >= 0.3 is 0 Å². The lowest BCUT2D eigenvalue weighted by atomic mass is 9.95. The van der Waals surface area contributed by atoms with Crippen LogP contribution in [-0.4, -0.2) is 0 Å². The molecule has 0 aliphatic carbocycles. The Labute approximate surface area is 302 Å². The fourth-order valence-corrected chi connectivity index (χ4v) is 7.80. The van der Waals surface area contributed by atoms with Gasteiger partial charge in [0.15, 0.2) is 0 Å². The number of hydrogen-bond acceptors (Lipinski definition) is 2. The smallest absolute Gasteiger partial charge is 0.143 e. The highest BCUT2D eigenvalue weighted by atomic mass is 16.3. The van der Waals surface area contributed by atoms with Gasteiger partial charge in [0.2, 0.25) is 0 Å². The van der Waals surface area contributed by atoms with Crippen LogP contribution in [0.5, 0.6) is 0 Å². The van der Waals surface area contributed by atoms with Gasteiger partial charge in [0.1, 0.15) is 11.2 Å². The van der Waals surface area contributed by atoms with Crippen molar-refractivity contribution >= 4 is 60.5 Å². The molecule has 0 aliphatic heterocycles. The number of furan rings is 1. The van der Waals surface area contributed by atoms with E-state index in [2.05, 4.69) is 205 Å². The lowest BCUT2D eigenvalue weighted by Crippen LogP contribution is -2.11. The molecule has 0 saturated carbocycles. The topological polar surface area (TPSA) is 16.4 Å². The maximum absolute atomic E-state index is 6.52. The van der Waals surface area contributed by atoms with Crippen LogP contribution >= 0.6 is 0 Å². The second-order valence-electron chi connectivity index (χ2n) is 13.3. The monoisotopic (exact) mass is 663 g/mol. The van der Waals surface area contributed by atoms with E-state index in [0.717, 1.165) is 55.5 Å². The van der Waals surface area contributed by atoms with Crippen LogP contribution in [0.15, 0.2) is 205 Å². The first-order chi connectivity index (χ1) is 25.8. The van der Waals surface area contributed by atoms with Crippen LogP contribution in [0.3, 0.4) is 0 Å². The van der Waals surface area contributed by atoms with Crippen molar-refractivity contribution in [1.29, 1.82) is 0 Å². The van der Waals surface area contributed by atoms with Gasteiger partial charge in [0.05, 0.1) is 5.69 Å². The van der Waals surface area contributed by atoms with Gasteiger partial charge in [-0.25, -0.2) is 0 Å². The molecule has 2 nitrogen and oxygen atoms in total. The quantitative estimate of drug-likeness (QED) is 0.176. The zero-order valence-corrected chi connectivity index (χ0v) is 28.4. The summed E-state index contributed by atoms with van der Waals surface area (Å²) in [5.74, 6) is 0. The van der Waals surface area contributed by atoms with Gasteiger partial charge in [-0.1, -0.05) is 158 Å². The van der Waals surface area contributed by atoms with E-state index in [9.17, 15) is 0 Å². The number of para-hydroxylation sites is 1. The van der Waals surface area contributed by atoms with Crippen LogP contribution in [0.4, 0.5) is 17.1 Å². The minimum Gasteiger partial charge on any atom is -0.455 e. The Morgan fingerprint density at radius 3 is 1.67 bits per heavy atom. The molecular weight excluding hydrogens is 631 g/mol. The highest BCUT2D eigenvalue weighted by Crippen LogP contribution is 2.44.